The summed E-state index contributed by atoms with van der Waals surface area (Å²) in [6, 6.07) is 18.4. The van der Waals surface area contributed by atoms with Gasteiger partial charge in [-0.2, -0.15) is 5.10 Å². The summed E-state index contributed by atoms with van der Waals surface area (Å²) in [7, 11) is 0. The zero-order chi connectivity index (χ0) is 22.2. The second-order valence-electron chi connectivity index (χ2n) is 8.17. The lowest BCUT2D eigenvalue weighted by Gasteiger charge is -2.22. The minimum Gasteiger partial charge on any atom is -0.438 e. The van der Waals surface area contributed by atoms with E-state index in [0.717, 1.165) is 58.7 Å². The average Bonchev–Trinajstić information content (AvgIpc) is 3.51. The number of hydrogen-bond acceptors (Lipinski definition) is 5. The van der Waals surface area contributed by atoms with E-state index in [1.54, 1.807) is 12.1 Å². The molecule has 0 saturated carbocycles. The number of aromatic nitrogens is 4. The summed E-state index contributed by atoms with van der Waals surface area (Å²) in [4.78, 5) is 8.97. The highest BCUT2D eigenvalue weighted by Gasteiger charge is 2.23. The Morgan fingerprint density at radius 2 is 1.79 bits per heavy atom. The first-order valence-corrected chi connectivity index (χ1v) is 11.0. The molecule has 5 aromatic rings. The molecule has 1 atom stereocenters. The van der Waals surface area contributed by atoms with Crippen molar-refractivity contribution < 1.29 is 13.5 Å². The summed E-state index contributed by atoms with van der Waals surface area (Å²) >= 11 is 0. The smallest absolute Gasteiger partial charge is 0.230 e. The van der Waals surface area contributed by atoms with Crippen molar-refractivity contribution in [3.05, 3.63) is 79.0 Å². The van der Waals surface area contributed by atoms with Gasteiger partial charge < -0.3 is 9.15 Å². The number of fused-ring (bicyclic) bond motifs is 1. The number of furan rings is 1. The van der Waals surface area contributed by atoms with E-state index in [9.17, 15) is 4.39 Å². The van der Waals surface area contributed by atoms with Crippen LogP contribution in [0.3, 0.4) is 0 Å². The molecular formula is C26H21FN4O2. The lowest BCUT2D eigenvalue weighted by Crippen LogP contribution is -2.21. The molecule has 1 aliphatic rings. The molecule has 1 aliphatic heterocycles. The molecule has 3 aromatic heterocycles. The van der Waals surface area contributed by atoms with Gasteiger partial charge in [-0.15, -0.1) is 0 Å². The first kappa shape index (κ1) is 19.8. The molecule has 164 valence electrons. The van der Waals surface area contributed by atoms with Crippen molar-refractivity contribution >= 4 is 11.1 Å². The van der Waals surface area contributed by atoms with Gasteiger partial charge in [0.05, 0.1) is 23.7 Å². The first-order chi connectivity index (χ1) is 16.3. The minimum atomic E-state index is -0.285. The number of ether oxygens (including phenoxy) is 1. The van der Waals surface area contributed by atoms with Gasteiger partial charge in [0.2, 0.25) is 5.71 Å². The zero-order valence-electron chi connectivity index (χ0n) is 17.8. The highest BCUT2D eigenvalue weighted by molar-refractivity contribution is 5.95. The van der Waals surface area contributed by atoms with E-state index in [-0.39, 0.29) is 11.9 Å². The predicted octanol–water partition coefficient (Wildman–Crippen LogP) is 5.91. The van der Waals surface area contributed by atoms with Crippen molar-refractivity contribution in [2.75, 3.05) is 13.2 Å². The molecule has 0 N–H and O–H groups in total. The van der Waals surface area contributed by atoms with Crippen LogP contribution in [0.15, 0.2) is 77.6 Å². The molecule has 0 bridgehead atoms. The number of benzene rings is 2. The van der Waals surface area contributed by atoms with Gasteiger partial charge in [-0.05, 0) is 43.2 Å². The van der Waals surface area contributed by atoms with Gasteiger partial charge in [-0.25, -0.2) is 14.4 Å². The molecular weight excluding hydrogens is 419 g/mol. The Labute approximate surface area is 189 Å². The van der Waals surface area contributed by atoms with Crippen LogP contribution in [0.4, 0.5) is 4.39 Å². The molecule has 1 saturated heterocycles. The zero-order valence-corrected chi connectivity index (χ0v) is 17.8. The van der Waals surface area contributed by atoms with Crippen molar-refractivity contribution in [3.8, 4) is 33.8 Å². The third-order valence-corrected chi connectivity index (χ3v) is 6.00. The van der Waals surface area contributed by atoms with Crippen molar-refractivity contribution in [3.63, 3.8) is 0 Å². The molecule has 33 heavy (non-hydrogen) atoms. The summed E-state index contributed by atoms with van der Waals surface area (Å²) in [5.74, 6) is 0.441. The highest BCUT2D eigenvalue weighted by atomic mass is 19.1. The van der Waals surface area contributed by atoms with Gasteiger partial charge in [-0.1, -0.05) is 30.3 Å². The van der Waals surface area contributed by atoms with E-state index in [0.29, 0.717) is 12.3 Å². The Balaban J connectivity index is 1.52. The van der Waals surface area contributed by atoms with Gasteiger partial charge in [0.1, 0.15) is 23.6 Å². The molecule has 0 radical (unpaired) electrons. The van der Waals surface area contributed by atoms with E-state index in [1.807, 2.05) is 47.3 Å². The van der Waals surface area contributed by atoms with Gasteiger partial charge >= 0.3 is 0 Å². The van der Waals surface area contributed by atoms with E-state index < -0.39 is 0 Å². The van der Waals surface area contributed by atoms with Crippen molar-refractivity contribution in [1.29, 1.82) is 0 Å². The fourth-order valence-electron chi connectivity index (χ4n) is 4.32. The normalized spacial score (nSPS) is 16.3. The van der Waals surface area contributed by atoms with Gasteiger partial charge in [-0.3, -0.25) is 4.68 Å². The van der Waals surface area contributed by atoms with Crippen molar-refractivity contribution in [2.24, 2.45) is 0 Å². The van der Waals surface area contributed by atoms with Crippen LogP contribution in [0.2, 0.25) is 0 Å². The molecule has 6 rings (SSSR count). The summed E-state index contributed by atoms with van der Waals surface area (Å²) in [5.41, 5.74) is 4.62. The average molecular weight is 440 g/mol. The molecule has 1 unspecified atom stereocenters. The second kappa shape index (κ2) is 8.26. The molecule has 4 heterocycles. The maximum atomic E-state index is 13.6. The Morgan fingerprint density at radius 1 is 0.939 bits per heavy atom. The summed E-state index contributed by atoms with van der Waals surface area (Å²) in [6.07, 6.45) is 5.50. The molecule has 0 amide bonds. The van der Waals surface area contributed by atoms with Crippen LogP contribution in [-0.4, -0.2) is 33.0 Å². The lowest BCUT2D eigenvalue weighted by atomic mass is 10.0. The highest BCUT2D eigenvalue weighted by Crippen LogP contribution is 2.37. The monoisotopic (exact) mass is 440 g/mol. The fourth-order valence-corrected chi connectivity index (χ4v) is 4.32. The van der Waals surface area contributed by atoms with Crippen LogP contribution < -0.4 is 0 Å². The van der Waals surface area contributed by atoms with Crippen molar-refractivity contribution in [1.82, 2.24) is 19.7 Å². The Bertz CT molecular complexity index is 1400. The molecule has 6 nitrogen and oxygen atoms in total. The van der Waals surface area contributed by atoms with Crippen LogP contribution in [0.1, 0.15) is 18.9 Å². The Hall–Kier alpha value is -3.84. The molecule has 2 aromatic carbocycles. The molecule has 7 heteroatoms. The fraction of sp³-hybridized carbons (Fsp3) is 0.192. The van der Waals surface area contributed by atoms with Crippen LogP contribution in [-0.2, 0) is 4.74 Å². The summed E-state index contributed by atoms with van der Waals surface area (Å²) < 4.78 is 27.3. The van der Waals surface area contributed by atoms with E-state index in [1.165, 1.54) is 18.5 Å². The van der Waals surface area contributed by atoms with E-state index in [2.05, 4.69) is 9.97 Å². The number of halogens is 1. The summed E-state index contributed by atoms with van der Waals surface area (Å²) in [5, 5.41) is 5.71. The minimum absolute atomic E-state index is 0.147. The quantitative estimate of drug-likeness (QED) is 0.348. The second-order valence-corrected chi connectivity index (χ2v) is 8.17. The molecule has 0 spiro atoms. The van der Waals surface area contributed by atoms with Gasteiger partial charge in [0.15, 0.2) is 0 Å². The van der Waals surface area contributed by atoms with E-state index >= 15 is 0 Å². The third kappa shape index (κ3) is 3.70. The number of rotatable bonds is 4. The SMILES string of the molecule is Fc1ccc(-c2nn(C3CCCOC3)cc2-c2ncnc3oc(-c4ccccc4)cc23)cc1. The van der Waals surface area contributed by atoms with Crippen LogP contribution in [0.5, 0.6) is 0 Å². The summed E-state index contributed by atoms with van der Waals surface area (Å²) in [6.45, 7) is 1.40. The maximum absolute atomic E-state index is 13.6. The third-order valence-electron chi connectivity index (χ3n) is 6.00. The Morgan fingerprint density at radius 3 is 2.58 bits per heavy atom. The number of hydrogen-bond donors (Lipinski definition) is 0. The first-order valence-electron chi connectivity index (χ1n) is 11.0. The van der Waals surface area contributed by atoms with Crippen LogP contribution in [0, 0.1) is 5.82 Å². The predicted molar refractivity (Wildman–Crippen MR) is 123 cm³/mol. The lowest BCUT2D eigenvalue weighted by molar-refractivity contribution is 0.0550. The largest absolute Gasteiger partial charge is 0.438 e. The molecule has 0 aliphatic carbocycles. The Kier molecular flexibility index (Phi) is 4.96. The maximum Gasteiger partial charge on any atom is 0.230 e. The van der Waals surface area contributed by atoms with Gasteiger partial charge in [0, 0.05) is 29.5 Å². The van der Waals surface area contributed by atoms with E-state index in [4.69, 9.17) is 14.3 Å². The topological polar surface area (TPSA) is 66.0 Å². The molecule has 1 fully saturated rings. The van der Waals surface area contributed by atoms with Crippen molar-refractivity contribution in [2.45, 2.75) is 18.9 Å². The van der Waals surface area contributed by atoms with Gasteiger partial charge in [0.25, 0.3) is 0 Å². The van der Waals surface area contributed by atoms with Crippen LogP contribution >= 0.6 is 0 Å². The van der Waals surface area contributed by atoms with Crippen LogP contribution in [0.25, 0.3) is 44.9 Å². The standard InChI is InChI=1S/C26H21FN4O2/c27-19-10-8-18(9-11-19)24-22(14-31(30-24)20-7-4-12-32-15-20)25-21-13-23(17-5-2-1-3-6-17)33-26(21)29-16-28-25/h1-3,5-6,8-11,13-14,16,20H,4,7,12,15H2. The number of nitrogens with zero attached hydrogens (tertiary/aromatic N) is 4.